The minimum absolute atomic E-state index is 0.0502. The molecule has 0 aromatic carbocycles. The minimum Gasteiger partial charge on any atom is -0.468 e. The van der Waals surface area contributed by atoms with E-state index in [1.807, 2.05) is 30.7 Å². The molecule has 0 aliphatic rings. The fourth-order valence-corrected chi connectivity index (χ4v) is 2.45. The topological polar surface area (TPSA) is 58.6 Å². The number of carbonyl (C=O) groups is 2. The largest absolute Gasteiger partial charge is 0.468 e. The lowest BCUT2D eigenvalue weighted by Gasteiger charge is -2.22. The Bertz CT molecular complexity index is 432. The van der Waals surface area contributed by atoms with Crippen LogP contribution >= 0.6 is 11.3 Å². The number of carbonyl (C=O) groups excluding carboxylic acids is 2. The number of esters is 1. The molecule has 6 heteroatoms. The first-order valence-electron chi connectivity index (χ1n) is 6.52. The summed E-state index contributed by atoms with van der Waals surface area (Å²) in [5, 5.41) is 6.97. The molecular weight excluding hydrogens is 276 g/mol. The van der Waals surface area contributed by atoms with Gasteiger partial charge in [-0.05, 0) is 28.3 Å². The molecular formula is C14H22N2O3S. The van der Waals surface area contributed by atoms with Crippen molar-refractivity contribution in [1.82, 2.24) is 10.2 Å². The second-order valence-corrected chi connectivity index (χ2v) is 5.79. The molecule has 1 heterocycles. The van der Waals surface area contributed by atoms with E-state index < -0.39 is 6.04 Å². The van der Waals surface area contributed by atoms with Crippen LogP contribution < -0.4 is 5.32 Å². The smallest absolute Gasteiger partial charge is 0.323 e. The lowest BCUT2D eigenvalue weighted by molar-refractivity contribution is -0.144. The summed E-state index contributed by atoms with van der Waals surface area (Å²) in [7, 11) is 3.11. The van der Waals surface area contributed by atoms with Crippen molar-refractivity contribution in [3.8, 4) is 0 Å². The zero-order valence-corrected chi connectivity index (χ0v) is 13.2. The summed E-state index contributed by atoms with van der Waals surface area (Å²) in [6, 6.07) is 1.53. The summed E-state index contributed by atoms with van der Waals surface area (Å²) in [6.45, 7) is 4.52. The van der Waals surface area contributed by atoms with Gasteiger partial charge in [-0.15, -0.1) is 0 Å². The second kappa shape index (κ2) is 8.01. The second-order valence-electron chi connectivity index (χ2n) is 5.01. The normalized spacial score (nSPS) is 12.2. The van der Waals surface area contributed by atoms with Gasteiger partial charge in [0.05, 0.1) is 13.7 Å². The highest BCUT2D eigenvalue weighted by molar-refractivity contribution is 7.07. The van der Waals surface area contributed by atoms with Gasteiger partial charge in [-0.3, -0.25) is 14.9 Å². The monoisotopic (exact) mass is 298 g/mol. The van der Waals surface area contributed by atoms with Crippen LogP contribution in [-0.4, -0.2) is 43.5 Å². The summed E-state index contributed by atoms with van der Waals surface area (Å²) in [5.41, 5.74) is 1.11. The maximum atomic E-state index is 12.0. The van der Waals surface area contributed by atoms with Crippen LogP contribution in [0.4, 0.5) is 0 Å². The number of nitrogens with one attached hydrogen (secondary N) is 1. The third-order valence-electron chi connectivity index (χ3n) is 3.02. The Balaban J connectivity index is 2.46. The number of amides is 1. The molecule has 1 rings (SSSR count). The predicted octanol–water partition coefficient (Wildman–Crippen LogP) is 1.49. The highest BCUT2D eigenvalue weighted by Gasteiger charge is 2.23. The Morgan fingerprint density at radius 3 is 2.65 bits per heavy atom. The molecule has 112 valence electrons. The molecule has 0 saturated heterocycles. The van der Waals surface area contributed by atoms with Gasteiger partial charge in [-0.25, -0.2) is 0 Å². The number of hydrogen-bond acceptors (Lipinski definition) is 5. The number of rotatable bonds is 7. The Morgan fingerprint density at radius 1 is 1.45 bits per heavy atom. The van der Waals surface area contributed by atoms with Crippen molar-refractivity contribution in [3.05, 3.63) is 22.4 Å². The van der Waals surface area contributed by atoms with Crippen LogP contribution in [0.5, 0.6) is 0 Å². The van der Waals surface area contributed by atoms with Crippen LogP contribution in [0.3, 0.4) is 0 Å². The fourth-order valence-electron chi connectivity index (χ4n) is 1.80. The summed E-state index contributed by atoms with van der Waals surface area (Å²) in [5.74, 6) is -0.323. The average Bonchev–Trinajstić information content (AvgIpc) is 2.90. The molecule has 5 nitrogen and oxygen atoms in total. The van der Waals surface area contributed by atoms with Gasteiger partial charge in [0.2, 0.25) is 5.91 Å². The van der Waals surface area contributed by atoms with Crippen molar-refractivity contribution < 1.29 is 14.3 Å². The molecule has 0 saturated carbocycles. The summed E-state index contributed by atoms with van der Waals surface area (Å²) < 4.78 is 4.73. The fraction of sp³-hybridized carbons (Fsp3) is 0.571. The van der Waals surface area contributed by atoms with E-state index in [4.69, 9.17) is 4.74 Å². The predicted molar refractivity (Wildman–Crippen MR) is 79.4 cm³/mol. The summed E-state index contributed by atoms with van der Waals surface area (Å²) in [4.78, 5) is 25.2. The third kappa shape index (κ3) is 4.94. The number of thiophene rings is 1. The van der Waals surface area contributed by atoms with Crippen molar-refractivity contribution in [1.29, 1.82) is 0 Å². The van der Waals surface area contributed by atoms with E-state index in [1.54, 1.807) is 23.3 Å². The minimum atomic E-state index is -0.460. The average molecular weight is 298 g/mol. The highest BCUT2D eigenvalue weighted by Crippen LogP contribution is 2.08. The molecule has 0 spiro atoms. The maximum absolute atomic E-state index is 12.0. The number of hydrogen-bond donors (Lipinski definition) is 1. The van der Waals surface area contributed by atoms with Gasteiger partial charge in [-0.1, -0.05) is 13.8 Å². The SMILES string of the molecule is COC(=O)C(NCC(=O)N(C)Cc1ccsc1)C(C)C. The number of methoxy groups -OCH3 is 1. The van der Waals surface area contributed by atoms with Crippen molar-refractivity contribution in [3.63, 3.8) is 0 Å². The Labute approximate surface area is 123 Å². The Kier molecular flexibility index (Phi) is 6.67. The van der Waals surface area contributed by atoms with E-state index in [1.165, 1.54) is 7.11 Å². The molecule has 1 aromatic rings. The Morgan fingerprint density at radius 2 is 2.15 bits per heavy atom. The van der Waals surface area contributed by atoms with Gasteiger partial charge in [0.1, 0.15) is 6.04 Å². The first-order chi connectivity index (χ1) is 9.45. The molecule has 1 aromatic heterocycles. The van der Waals surface area contributed by atoms with E-state index in [0.717, 1.165) is 5.56 Å². The third-order valence-corrected chi connectivity index (χ3v) is 3.75. The first kappa shape index (κ1) is 16.7. The molecule has 1 amide bonds. The summed E-state index contributed by atoms with van der Waals surface area (Å²) in [6.07, 6.45) is 0. The molecule has 0 fully saturated rings. The van der Waals surface area contributed by atoms with Crippen molar-refractivity contribution in [2.45, 2.75) is 26.4 Å². The zero-order valence-electron chi connectivity index (χ0n) is 12.4. The van der Waals surface area contributed by atoms with E-state index in [2.05, 4.69) is 5.32 Å². The van der Waals surface area contributed by atoms with E-state index in [0.29, 0.717) is 6.54 Å². The van der Waals surface area contributed by atoms with Crippen molar-refractivity contribution >= 4 is 23.2 Å². The van der Waals surface area contributed by atoms with Crippen LogP contribution in [0.1, 0.15) is 19.4 Å². The number of nitrogens with zero attached hydrogens (tertiary/aromatic N) is 1. The maximum Gasteiger partial charge on any atom is 0.323 e. The van der Waals surface area contributed by atoms with Crippen LogP contribution in [0.15, 0.2) is 16.8 Å². The molecule has 0 aliphatic carbocycles. The van der Waals surface area contributed by atoms with E-state index >= 15 is 0 Å². The number of likely N-dealkylation sites (N-methyl/N-ethyl adjacent to an activating group) is 1. The van der Waals surface area contributed by atoms with Crippen molar-refractivity contribution in [2.24, 2.45) is 5.92 Å². The number of ether oxygens (including phenoxy) is 1. The quantitative estimate of drug-likeness (QED) is 0.775. The molecule has 1 atom stereocenters. The lowest BCUT2D eigenvalue weighted by Crippen LogP contribution is -2.46. The molecule has 0 aliphatic heterocycles. The molecule has 0 bridgehead atoms. The van der Waals surface area contributed by atoms with Crippen LogP contribution in [0, 0.1) is 5.92 Å². The van der Waals surface area contributed by atoms with Gasteiger partial charge in [-0.2, -0.15) is 11.3 Å². The first-order valence-corrected chi connectivity index (χ1v) is 7.46. The van der Waals surface area contributed by atoms with Gasteiger partial charge in [0.15, 0.2) is 0 Å². The van der Waals surface area contributed by atoms with Gasteiger partial charge >= 0.3 is 5.97 Å². The molecule has 1 N–H and O–H groups in total. The Hall–Kier alpha value is -1.40. The van der Waals surface area contributed by atoms with Crippen LogP contribution in [0.25, 0.3) is 0 Å². The van der Waals surface area contributed by atoms with Crippen LogP contribution in [-0.2, 0) is 20.9 Å². The van der Waals surface area contributed by atoms with Crippen molar-refractivity contribution in [2.75, 3.05) is 20.7 Å². The van der Waals surface area contributed by atoms with E-state index in [-0.39, 0.29) is 24.3 Å². The molecule has 20 heavy (non-hydrogen) atoms. The van der Waals surface area contributed by atoms with Gasteiger partial charge < -0.3 is 9.64 Å². The summed E-state index contributed by atoms with van der Waals surface area (Å²) >= 11 is 1.61. The molecule has 0 radical (unpaired) electrons. The highest BCUT2D eigenvalue weighted by atomic mass is 32.1. The zero-order chi connectivity index (χ0) is 15.1. The van der Waals surface area contributed by atoms with E-state index in [9.17, 15) is 9.59 Å². The standard InChI is InChI=1S/C14H22N2O3S/c1-10(2)13(14(18)19-4)15-7-12(17)16(3)8-11-5-6-20-9-11/h5-6,9-10,13,15H,7-8H2,1-4H3. The van der Waals surface area contributed by atoms with Gasteiger partial charge in [0, 0.05) is 13.6 Å². The van der Waals surface area contributed by atoms with Gasteiger partial charge in [0.25, 0.3) is 0 Å². The van der Waals surface area contributed by atoms with Crippen LogP contribution in [0.2, 0.25) is 0 Å². The lowest BCUT2D eigenvalue weighted by atomic mass is 10.0. The molecule has 1 unspecified atom stereocenters.